The van der Waals surface area contributed by atoms with E-state index >= 15 is 0 Å². The van der Waals surface area contributed by atoms with E-state index < -0.39 is 16.0 Å². The summed E-state index contributed by atoms with van der Waals surface area (Å²) in [5.74, 6) is 0.174. The van der Waals surface area contributed by atoms with Crippen LogP contribution in [0.15, 0.2) is 23.1 Å². The molecule has 1 rings (SSSR count). The second-order valence-electron chi connectivity index (χ2n) is 5.59. The largest absolute Gasteiger partial charge is 0.495 e. The van der Waals surface area contributed by atoms with Crippen molar-refractivity contribution in [3.8, 4) is 5.75 Å². The third-order valence-corrected chi connectivity index (χ3v) is 4.22. The number of rotatable bonds is 4. The molecule has 0 spiro atoms. The van der Waals surface area contributed by atoms with Crippen molar-refractivity contribution in [2.75, 3.05) is 12.8 Å². The Balaban J connectivity index is 2.97. The molecule has 0 radical (unpaired) electrons. The number of nitrogens with one attached hydrogen (secondary N) is 1. The van der Waals surface area contributed by atoms with Crippen LogP contribution in [0.3, 0.4) is 0 Å². The zero-order chi connectivity index (χ0) is 15.5. The highest BCUT2D eigenvalue weighted by Gasteiger charge is 2.26. The molecule has 0 heterocycles. The molecule has 3 N–H and O–H groups in total. The van der Waals surface area contributed by atoms with Crippen molar-refractivity contribution in [3.63, 3.8) is 0 Å². The number of hydrogen-bond donors (Lipinski definition) is 2. The van der Waals surface area contributed by atoms with Gasteiger partial charge < -0.3 is 15.8 Å². The minimum atomic E-state index is -1.51. The van der Waals surface area contributed by atoms with Gasteiger partial charge in [0.1, 0.15) is 11.0 Å². The Hall–Kier alpha value is -1.56. The van der Waals surface area contributed by atoms with Gasteiger partial charge in [-0.15, -0.1) is 0 Å². The molecule has 2 atom stereocenters. The molecule has 0 saturated heterocycles. The summed E-state index contributed by atoms with van der Waals surface area (Å²) in [6.07, 6.45) is 0. The number of ether oxygens (including phenoxy) is 1. The molecule has 0 fully saturated rings. The van der Waals surface area contributed by atoms with E-state index in [4.69, 9.17) is 10.5 Å². The Kier molecular flexibility index (Phi) is 5.16. The summed E-state index contributed by atoms with van der Waals surface area (Å²) in [6, 6.07) is 4.87. The van der Waals surface area contributed by atoms with Crippen LogP contribution in [0.4, 0.5) is 5.69 Å². The molecule has 0 aliphatic carbocycles. The third kappa shape index (κ3) is 4.23. The van der Waals surface area contributed by atoms with Gasteiger partial charge in [-0.1, -0.05) is 0 Å². The number of methoxy groups -OCH3 is 1. The lowest BCUT2D eigenvalue weighted by atomic mass is 10.1. The van der Waals surface area contributed by atoms with E-state index in [0.29, 0.717) is 16.3 Å². The van der Waals surface area contributed by atoms with E-state index in [0.717, 1.165) is 0 Å². The lowest BCUT2D eigenvalue weighted by molar-refractivity contribution is -0.121. The summed E-state index contributed by atoms with van der Waals surface area (Å²) in [5, 5.41) is 2.15. The Morgan fingerprint density at radius 2 is 2.00 bits per heavy atom. The maximum Gasteiger partial charge on any atom is 0.236 e. The van der Waals surface area contributed by atoms with Crippen LogP contribution < -0.4 is 15.8 Å². The van der Waals surface area contributed by atoms with Gasteiger partial charge in [0.15, 0.2) is 0 Å². The van der Waals surface area contributed by atoms with Gasteiger partial charge in [-0.05, 0) is 39.8 Å². The van der Waals surface area contributed by atoms with E-state index in [1.165, 1.54) is 7.11 Å². The van der Waals surface area contributed by atoms with Gasteiger partial charge in [0.05, 0.1) is 22.8 Å². The molecule has 0 aromatic heterocycles. The standard InChI is InChI=1S/C14H22N2O3S/c1-9(13(17)16-14(2,3)4)20(18)12-7-6-10(15)8-11(12)19-5/h6-9H,15H2,1-5H3,(H,16,17). The number of amides is 1. The molecular formula is C14H22N2O3S. The second-order valence-corrected chi connectivity index (χ2v) is 7.33. The van der Waals surface area contributed by atoms with E-state index in [2.05, 4.69) is 5.32 Å². The summed E-state index contributed by atoms with van der Waals surface area (Å²) < 4.78 is 17.7. The minimum absolute atomic E-state index is 0.255. The molecule has 1 amide bonds. The van der Waals surface area contributed by atoms with Crippen molar-refractivity contribution < 1.29 is 13.7 Å². The number of benzene rings is 1. The van der Waals surface area contributed by atoms with Gasteiger partial charge in [0.25, 0.3) is 0 Å². The normalized spacial score (nSPS) is 14.4. The SMILES string of the molecule is COc1cc(N)ccc1S(=O)C(C)C(=O)NC(C)(C)C. The molecule has 1 aromatic carbocycles. The van der Waals surface area contributed by atoms with E-state index in [-0.39, 0.29) is 11.4 Å². The first kappa shape index (κ1) is 16.5. The Bertz CT molecular complexity index is 524. The Morgan fingerprint density at radius 1 is 1.40 bits per heavy atom. The molecule has 0 bridgehead atoms. The molecule has 5 nitrogen and oxygen atoms in total. The molecule has 112 valence electrons. The summed E-state index contributed by atoms with van der Waals surface area (Å²) in [5.41, 5.74) is 5.83. The first-order valence-electron chi connectivity index (χ1n) is 6.32. The first-order chi connectivity index (χ1) is 9.15. The second kappa shape index (κ2) is 6.26. The average molecular weight is 298 g/mol. The molecule has 0 aliphatic rings. The van der Waals surface area contributed by atoms with Crippen LogP contribution in [0.5, 0.6) is 5.75 Å². The lowest BCUT2D eigenvalue weighted by Crippen LogP contribution is -2.46. The molecule has 1 aromatic rings. The van der Waals surface area contributed by atoms with Gasteiger partial charge >= 0.3 is 0 Å². The zero-order valence-electron chi connectivity index (χ0n) is 12.5. The maximum absolute atomic E-state index is 12.5. The quantitative estimate of drug-likeness (QED) is 0.829. The van der Waals surface area contributed by atoms with E-state index in [9.17, 15) is 9.00 Å². The number of carbonyl (C=O) groups is 1. The van der Waals surface area contributed by atoms with Gasteiger partial charge in [0, 0.05) is 17.3 Å². The first-order valence-corrected chi connectivity index (χ1v) is 7.53. The van der Waals surface area contributed by atoms with Crippen LogP contribution in [-0.4, -0.2) is 28.0 Å². The van der Waals surface area contributed by atoms with Crippen molar-refractivity contribution in [2.24, 2.45) is 0 Å². The summed E-state index contributed by atoms with van der Waals surface area (Å²) in [6.45, 7) is 7.27. The van der Waals surface area contributed by atoms with Crippen LogP contribution in [-0.2, 0) is 15.6 Å². The van der Waals surface area contributed by atoms with Crippen LogP contribution in [0.2, 0.25) is 0 Å². The smallest absolute Gasteiger partial charge is 0.236 e. The fourth-order valence-corrected chi connectivity index (χ4v) is 2.79. The number of hydrogen-bond acceptors (Lipinski definition) is 4. The monoisotopic (exact) mass is 298 g/mol. The minimum Gasteiger partial charge on any atom is -0.495 e. The summed E-state index contributed by atoms with van der Waals surface area (Å²) >= 11 is 0. The molecule has 2 unspecified atom stereocenters. The van der Waals surface area contributed by atoms with E-state index in [1.807, 2.05) is 20.8 Å². The fourth-order valence-electron chi connectivity index (χ4n) is 1.61. The van der Waals surface area contributed by atoms with Gasteiger partial charge in [-0.2, -0.15) is 0 Å². The Morgan fingerprint density at radius 3 is 2.50 bits per heavy atom. The number of anilines is 1. The summed E-state index contributed by atoms with van der Waals surface area (Å²) in [7, 11) is -0.0237. The number of nitrogens with two attached hydrogens (primary N) is 1. The van der Waals surface area contributed by atoms with Crippen LogP contribution >= 0.6 is 0 Å². The Labute approximate surface area is 122 Å². The topological polar surface area (TPSA) is 81.4 Å². The fraction of sp³-hybridized carbons (Fsp3) is 0.500. The molecule has 0 saturated carbocycles. The van der Waals surface area contributed by atoms with Gasteiger partial charge in [0.2, 0.25) is 5.91 Å². The number of nitrogen functional groups attached to an aromatic ring is 1. The van der Waals surface area contributed by atoms with Gasteiger partial charge in [-0.3, -0.25) is 9.00 Å². The number of carbonyl (C=O) groups excluding carboxylic acids is 1. The molecular weight excluding hydrogens is 276 g/mol. The predicted octanol–water partition coefficient (Wildman–Crippen LogP) is 1.69. The maximum atomic E-state index is 12.5. The predicted molar refractivity (Wildman–Crippen MR) is 81.2 cm³/mol. The van der Waals surface area contributed by atoms with Gasteiger partial charge in [-0.25, -0.2) is 0 Å². The highest BCUT2D eigenvalue weighted by molar-refractivity contribution is 7.86. The van der Waals surface area contributed by atoms with E-state index in [1.54, 1.807) is 25.1 Å². The highest BCUT2D eigenvalue weighted by Crippen LogP contribution is 2.26. The third-order valence-electron chi connectivity index (χ3n) is 2.59. The van der Waals surface area contributed by atoms with Crippen LogP contribution in [0, 0.1) is 0 Å². The van der Waals surface area contributed by atoms with Crippen molar-refractivity contribution in [1.82, 2.24) is 5.32 Å². The van der Waals surface area contributed by atoms with Crippen molar-refractivity contribution in [1.29, 1.82) is 0 Å². The van der Waals surface area contributed by atoms with Crippen LogP contribution in [0.25, 0.3) is 0 Å². The summed E-state index contributed by atoms with van der Waals surface area (Å²) in [4.78, 5) is 12.5. The molecule has 20 heavy (non-hydrogen) atoms. The lowest BCUT2D eigenvalue weighted by Gasteiger charge is -2.23. The zero-order valence-corrected chi connectivity index (χ0v) is 13.3. The van der Waals surface area contributed by atoms with Crippen molar-refractivity contribution >= 4 is 22.4 Å². The van der Waals surface area contributed by atoms with Crippen LogP contribution in [0.1, 0.15) is 27.7 Å². The molecule has 6 heteroatoms. The van der Waals surface area contributed by atoms with Crippen molar-refractivity contribution in [2.45, 2.75) is 43.4 Å². The van der Waals surface area contributed by atoms with Crippen molar-refractivity contribution in [3.05, 3.63) is 18.2 Å². The average Bonchev–Trinajstić information content (AvgIpc) is 2.34. The molecule has 0 aliphatic heterocycles. The highest BCUT2D eigenvalue weighted by atomic mass is 32.2.